The number of carboxylic acid groups (broad SMARTS) is 1. The summed E-state index contributed by atoms with van der Waals surface area (Å²) in [5.41, 5.74) is 1.08. The van der Waals surface area contributed by atoms with Crippen molar-refractivity contribution in [1.29, 1.82) is 0 Å². The Hall–Kier alpha value is -2.90. The number of imidazole rings is 1. The monoisotopic (exact) mass is 513 g/mol. The predicted molar refractivity (Wildman–Crippen MR) is 144 cm³/mol. The van der Waals surface area contributed by atoms with E-state index in [1.165, 1.54) is 4.90 Å². The van der Waals surface area contributed by atoms with Crippen molar-refractivity contribution >= 4 is 28.9 Å². The third kappa shape index (κ3) is 7.55. The molecule has 1 aromatic carbocycles. The highest BCUT2D eigenvalue weighted by atomic mass is 16.6. The van der Waals surface area contributed by atoms with Crippen LogP contribution in [0.4, 0.5) is 4.79 Å². The van der Waals surface area contributed by atoms with Crippen LogP contribution >= 0.6 is 0 Å². The number of para-hydroxylation sites is 2. The van der Waals surface area contributed by atoms with Gasteiger partial charge in [-0.2, -0.15) is 0 Å². The fourth-order valence-electron chi connectivity index (χ4n) is 5.25. The van der Waals surface area contributed by atoms with Gasteiger partial charge in [-0.3, -0.25) is 9.59 Å². The van der Waals surface area contributed by atoms with Crippen molar-refractivity contribution in [2.75, 3.05) is 13.1 Å². The number of carboxylic acids is 1. The first kappa shape index (κ1) is 28.7. The zero-order chi connectivity index (χ0) is 27.3. The summed E-state index contributed by atoms with van der Waals surface area (Å²) < 4.78 is 7.58. The summed E-state index contributed by atoms with van der Waals surface area (Å²) in [6.45, 7) is 13.0. The third-order valence-corrected chi connectivity index (χ3v) is 7.06. The molecular weight excluding hydrogens is 470 g/mol. The number of ether oxygens (including phenoxy) is 1. The molecule has 3 atom stereocenters. The summed E-state index contributed by atoms with van der Waals surface area (Å²) >= 11 is 0. The number of rotatable bonds is 10. The van der Waals surface area contributed by atoms with Crippen LogP contribution in [0.1, 0.15) is 84.3 Å². The van der Waals surface area contributed by atoms with Gasteiger partial charge in [-0.1, -0.05) is 39.3 Å². The van der Waals surface area contributed by atoms with Gasteiger partial charge in [0.05, 0.1) is 17.0 Å². The van der Waals surface area contributed by atoms with Gasteiger partial charge in [0.25, 0.3) is 0 Å². The van der Waals surface area contributed by atoms with Crippen molar-refractivity contribution in [2.45, 2.75) is 85.8 Å². The Labute approximate surface area is 220 Å². The maximum atomic E-state index is 13.7. The van der Waals surface area contributed by atoms with Crippen LogP contribution in [0, 0.1) is 23.7 Å². The normalized spacial score (nSPS) is 19.3. The van der Waals surface area contributed by atoms with Crippen LogP contribution in [0.5, 0.6) is 0 Å². The molecule has 1 saturated heterocycles. The first-order chi connectivity index (χ1) is 17.4. The molecule has 1 aliphatic rings. The number of carbonyl (C=O) groups is 3. The fraction of sp³-hybridized carbons (Fsp3) is 0.655. The number of benzene rings is 1. The lowest BCUT2D eigenvalue weighted by Crippen LogP contribution is -2.49. The molecule has 1 unspecified atom stereocenters. The number of likely N-dealkylation sites (tertiary alicyclic amines) is 1. The van der Waals surface area contributed by atoms with Gasteiger partial charge in [0.1, 0.15) is 5.60 Å². The molecule has 0 radical (unpaired) electrons. The van der Waals surface area contributed by atoms with Crippen LogP contribution in [0.3, 0.4) is 0 Å². The van der Waals surface area contributed by atoms with Crippen LogP contribution in [0.2, 0.25) is 0 Å². The Balaban J connectivity index is 1.89. The standard InChI is InChI=1S/C29H43N3O5/c1-7-14-32-24-11-9-8-10-23(24)30-26(32)25(33)16-20(13-12-19(2)3)21-15-22(27(34)35)18-31(17-21)28(36)37-29(4,5)6/h8-11,19-22H,7,12-18H2,1-6H3,(H,34,35)/t20?,21-,22+/m0/s1. The van der Waals surface area contributed by atoms with Gasteiger partial charge in [0.2, 0.25) is 0 Å². The Bertz CT molecular complexity index is 1100. The topological polar surface area (TPSA) is 102 Å². The van der Waals surface area contributed by atoms with Gasteiger partial charge in [0, 0.05) is 26.1 Å². The maximum Gasteiger partial charge on any atom is 0.410 e. The number of piperidine rings is 1. The van der Waals surface area contributed by atoms with Crippen LogP contribution < -0.4 is 0 Å². The van der Waals surface area contributed by atoms with E-state index in [1.54, 1.807) is 20.8 Å². The number of ketones is 1. The summed E-state index contributed by atoms with van der Waals surface area (Å²) in [5.74, 6) is -0.898. The molecule has 0 saturated carbocycles. The molecule has 0 spiro atoms. The van der Waals surface area contributed by atoms with E-state index >= 15 is 0 Å². The quantitative estimate of drug-likeness (QED) is 0.389. The zero-order valence-corrected chi connectivity index (χ0v) is 23.2. The minimum atomic E-state index is -0.920. The Morgan fingerprint density at radius 3 is 2.46 bits per heavy atom. The molecule has 1 N–H and O–H groups in total. The van der Waals surface area contributed by atoms with Crippen molar-refractivity contribution in [3.63, 3.8) is 0 Å². The van der Waals surface area contributed by atoms with E-state index in [4.69, 9.17) is 4.74 Å². The molecule has 204 valence electrons. The fourth-order valence-corrected chi connectivity index (χ4v) is 5.25. The Morgan fingerprint density at radius 1 is 1.14 bits per heavy atom. The molecule has 1 aliphatic heterocycles. The van der Waals surface area contributed by atoms with Crippen molar-refractivity contribution in [3.8, 4) is 0 Å². The van der Waals surface area contributed by atoms with Crippen molar-refractivity contribution in [2.24, 2.45) is 23.7 Å². The van der Waals surface area contributed by atoms with E-state index in [0.717, 1.165) is 30.3 Å². The number of hydrogen-bond donors (Lipinski definition) is 1. The molecule has 37 heavy (non-hydrogen) atoms. The van der Waals surface area contributed by atoms with E-state index in [-0.39, 0.29) is 30.6 Å². The van der Waals surface area contributed by atoms with Crippen molar-refractivity contribution in [1.82, 2.24) is 14.5 Å². The second kappa shape index (κ2) is 12.1. The average molecular weight is 514 g/mol. The van der Waals surface area contributed by atoms with Gasteiger partial charge in [-0.25, -0.2) is 9.78 Å². The molecular formula is C29H43N3O5. The van der Waals surface area contributed by atoms with E-state index in [9.17, 15) is 19.5 Å². The van der Waals surface area contributed by atoms with Crippen LogP contribution in [0.25, 0.3) is 11.0 Å². The number of aliphatic carboxylic acids is 1. The molecule has 1 fully saturated rings. The summed E-state index contributed by atoms with van der Waals surface area (Å²) in [6, 6.07) is 7.79. The third-order valence-electron chi connectivity index (χ3n) is 7.06. The highest BCUT2D eigenvalue weighted by molar-refractivity contribution is 5.96. The highest BCUT2D eigenvalue weighted by Gasteiger charge is 2.39. The van der Waals surface area contributed by atoms with Gasteiger partial charge in [0.15, 0.2) is 11.6 Å². The van der Waals surface area contributed by atoms with Crippen molar-refractivity contribution < 1.29 is 24.2 Å². The Morgan fingerprint density at radius 2 is 1.84 bits per heavy atom. The summed E-state index contributed by atoms with van der Waals surface area (Å²) in [6.07, 6.45) is 2.81. The average Bonchev–Trinajstić information content (AvgIpc) is 3.19. The number of amides is 1. The first-order valence-electron chi connectivity index (χ1n) is 13.6. The molecule has 1 amide bonds. The molecule has 8 heteroatoms. The molecule has 8 nitrogen and oxygen atoms in total. The number of fused-ring (bicyclic) bond motifs is 1. The smallest absolute Gasteiger partial charge is 0.410 e. The molecule has 0 aliphatic carbocycles. The molecule has 3 rings (SSSR count). The molecule has 1 aromatic heterocycles. The lowest BCUT2D eigenvalue weighted by atomic mass is 9.76. The minimum absolute atomic E-state index is 0.0281. The largest absolute Gasteiger partial charge is 0.481 e. The number of carbonyl (C=O) groups excluding carboxylic acids is 2. The number of hydrogen-bond acceptors (Lipinski definition) is 5. The second-order valence-corrected chi connectivity index (χ2v) is 11.9. The van der Waals surface area contributed by atoms with Gasteiger partial charge in [-0.15, -0.1) is 0 Å². The zero-order valence-electron chi connectivity index (χ0n) is 23.2. The van der Waals surface area contributed by atoms with Crippen LogP contribution in [-0.4, -0.2) is 56.1 Å². The van der Waals surface area contributed by atoms with Crippen LogP contribution in [-0.2, 0) is 16.1 Å². The first-order valence-corrected chi connectivity index (χ1v) is 13.6. The van der Waals surface area contributed by atoms with E-state index in [1.807, 2.05) is 28.8 Å². The Kier molecular flexibility index (Phi) is 9.37. The lowest BCUT2D eigenvalue weighted by Gasteiger charge is -2.40. The number of Topliss-reactive ketones (excluding diaryl/α,β-unsaturated/α-hetero) is 1. The number of aromatic nitrogens is 2. The molecule has 0 bridgehead atoms. The highest BCUT2D eigenvalue weighted by Crippen LogP contribution is 2.35. The van der Waals surface area contributed by atoms with Crippen molar-refractivity contribution in [3.05, 3.63) is 30.1 Å². The SMILES string of the molecule is CCCn1c(C(=O)CC(CCC(C)C)[C@H]2C[C@@H](C(=O)O)CN(C(=O)OC(C)(C)C)C2)nc2ccccc21. The summed E-state index contributed by atoms with van der Waals surface area (Å²) in [5, 5.41) is 9.86. The summed E-state index contributed by atoms with van der Waals surface area (Å²) in [7, 11) is 0. The van der Waals surface area contributed by atoms with Gasteiger partial charge in [-0.05, 0) is 69.9 Å². The van der Waals surface area contributed by atoms with E-state index < -0.39 is 23.6 Å². The molecule has 2 aromatic rings. The lowest BCUT2D eigenvalue weighted by molar-refractivity contribution is -0.144. The van der Waals surface area contributed by atoms with Crippen LogP contribution in [0.15, 0.2) is 24.3 Å². The van der Waals surface area contributed by atoms with E-state index in [2.05, 4.69) is 25.8 Å². The van der Waals surface area contributed by atoms with E-state index in [0.29, 0.717) is 31.3 Å². The number of aryl methyl sites for hydroxylation is 1. The van der Waals surface area contributed by atoms with Gasteiger partial charge >= 0.3 is 12.1 Å². The van der Waals surface area contributed by atoms with Gasteiger partial charge < -0.3 is 19.3 Å². The predicted octanol–water partition coefficient (Wildman–Crippen LogP) is 6.03. The number of nitrogens with zero attached hydrogens (tertiary/aromatic N) is 3. The second-order valence-electron chi connectivity index (χ2n) is 11.9. The maximum absolute atomic E-state index is 13.7. The summed E-state index contributed by atoms with van der Waals surface area (Å²) in [4.78, 5) is 44.9. The molecule has 2 heterocycles. The minimum Gasteiger partial charge on any atom is -0.481 e.